The minimum Gasteiger partial charge on any atom is -0.497 e. The lowest BCUT2D eigenvalue weighted by molar-refractivity contribution is -0.116. The number of carbonyl (C=O) groups is 2. The van der Waals surface area contributed by atoms with E-state index in [0.29, 0.717) is 29.8 Å². The van der Waals surface area contributed by atoms with E-state index in [1.54, 1.807) is 24.5 Å². The minimum absolute atomic E-state index is 0.0725. The predicted octanol–water partition coefficient (Wildman–Crippen LogP) is 5.46. The maximum Gasteiger partial charge on any atom is 0.255 e. The maximum absolute atomic E-state index is 13.6. The van der Waals surface area contributed by atoms with Crippen LogP contribution in [-0.4, -0.2) is 23.8 Å². The number of ketones is 1. The number of ether oxygens (including phenoxy) is 1. The Morgan fingerprint density at radius 1 is 1.09 bits per heavy atom. The number of hydrogen-bond acceptors (Lipinski definition) is 6. The summed E-state index contributed by atoms with van der Waals surface area (Å²) in [6.07, 6.45) is 1.11. The molecule has 0 radical (unpaired) electrons. The SMILES string of the molecule is COc1ccc([C@@H]2CC(=O)C3=C(C2)NC(C)=C(C(=O)Nc2cccc(C)n2)[C@H]3c2cccs2)cc1. The molecule has 2 aromatic heterocycles. The quantitative estimate of drug-likeness (QED) is 0.502. The summed E-state index contributed by atoms with van der Waals surface area (Å²) in [5.74, 6) is 0.785. The van der Waals surface area contributed by atoms with Crippen molar-refractivity contribution in [3.63, 3.8) is 0 Å². The molecule has 2 atom stereocenters. The molecular weight excluding hydrogens is 458 g/mol. The molecule has 2 aliphatic rings. The molecule has 6 nitrogen and oxygen atoms in total. The highest BCUT2D eigenvalue weighted by atomic mass is 32.1. The highest BCUT2D eigenvalue weighted by Gasteiger charge is 2.41. The summed E-state index contributed by atoms with van der Waals surface area (Å²) in [6, 6.07) is 17.4. The molecule has 35 heavy (non-hydrogen) atoms. The van der Waals surface area contributed by atoms with Gasteiger partial charge in [0.05, 0.1) is 13.0 Å². The lowest BCUT2D eigenvalue weighted by atomic mass is 9.73. The van der Waals surface area contributed by atoms with E-state index in [4.69, 9.17) is 4.74 Å². The molecule has 3 heterocycles. The number of aryl methyl sites for hydroxylation is 1. The smallest absolute Gasteiger partial charge is 0.255 e. The molecule has 7 heteroatoms. The van der Waals surface area contributed by atoms with Crippen molar-refractivity contribution in [2.24, 2.45) is 0 Å². The molecule has 3 aromatic rings. The minimum atomic E-state index is -0.402. The maximum atomic E-state index is 13.6. The van der Waals surface area contributed by atoms with Crippen molar-refractivity contribution in [3.05, 3.63) is 98.7 Å². The number of benzene rings is 1. The zero-order valence-electron chi connectivity index (χ0n) is 19.9. The van der Waals surface area contributed by atoms with Crippen molar-refractivity contribution in [2.75, 3.05) is 12.4 Å². The Bertz CT molecular complexity index is 1340. The molecule has 5 rings (SSSR count). The molecule has 1 aliphatic carbocycles. The summed E-state index contributed by atoms with van der Waals surface area (Å²) in [6.45, 7) is 3.79. The van der Waals surface area contributed by atoms with E-state index < -0.39 is 5.92 Å². The van der Waals surface area contributed by atoms with Gasteiger partial charge in [-0.3, -0.25) is 9.59 Å². The zero-order valence-corrected chi connectivity index (χ0v) is 20.7. The van der Waals surface area contributed by atoms with Gasteiger partial charge >= 0.3 is 0 Å². The standard InChI is InChI=1S/C28H27N3O3S/c1-16-6-4-8-24(29-16)31-28(33)25-17(2)30-21-14-19(18-9-11-20(34-3)12-10-18)15-22(32)26(21)27(25)23-7-5-13-35-23/h4-13,19,27,30H,14-15H2,1-3H3,(H,29,31,33)/t19-,27+/m0/s1. The summed E-state index contributed by atoms with van der Waals surface area (Å²) in [7, 11) is 1.64. The third-order valence-electron chi connectivity index (χ3n) is 6.62. The van der Waals surface area contributed by atoms with Gasteiger partial charge in [-0.1, -0.05) is 24.3 Å². The van der Waals surface area contributed by atoms with Gasteiger partial charge in [0, 0.05) is 39.5 Å². The van der Waals surface area contributed by atoms with E-state index in [-0.39, 0.29) is 17.6 Å². The van der Waals surface area contributed by atoms with Gasteiger partial charge in [-0.25, -0.2) is 4.98 Å². The molecule has 0 bridgehead atoms. The van der Waals surface area contributed by atoms with Crippen molar-refractivity contribution in [2.45, 2.75) is 38.5 Å². The molecule has 0 spiro atoms. The van der Waals surface area contributed by atoms with Crippen molar-refractivity contribution in [1.82, 2.24) is 10.3 Å². The fourth-order valence-corrected chi connectivity index (χ4v) is 5.83. The van der Waals surface area contributed by atoms with Crippen molar-refractivity contribution >= 4 is 28.8 Å². The van der Waals surface area contributed by atoms with Crippen LogP contribution in [0.5, 0.6) is 5.75 Å². The molecular formula is C28H27N3O3S. The number of rotatable bonds is 5. The van der Waals surface area contributed by atoms with Crippen LogP contribution in [0.4, 0.5) is 5.82 Å². The van der Waals surface area contributed by atoms with E-state index in [0.717, 1.165) is 33.3 Å². The first-order valence-electron chi connectivity index (χ1n) is 11.6. The van der Waals surface area contributed by atoms with Crippen LogP contribution < -0.4 is 15.4 Å². The number of allylic oxidation sites excluding steroid dienone is 3. The topological polar surface area (TPSA) is 80.3 Å². The number of carbonyl (C=O) groups excluding carboxylic acids is 2. The summed E-state index contributed by atoms with van der Waals surface area (Å²) in [4.78, 5) is 32.6. The van der Waals surface area contributed by atoms with Crippen LogP contribution in [0.2, 0.25) is 0 Å². The second kappa shape index (κ2) is 9.50. The van der Waals surface area contributed by atoms with Gasteiger partial charge < -0.3 is 15.4 Å². The van der Waals surface area contributed by atoms with E-state index in [1.807, 2.05) is 67.8 Å². The first-order chi connectivity index (χ1) is 16.9. The van der Waals surface area contributed by atoms with Gasteiger partial charge in [0.15, 0.2) is 5.78 Å². The Hall–Kier alpha value is -3.71. The van der Waals surface area contributed by atoms with E-state index >= 15 is 0 Å². The van der Waals surface area contributed by atoms with E-state index in [9.17, 15) is 9.59 Å². The number of nitrogens with zero attached hydrogens (tertiary/aromatic N) is 1. The lowest BCUT2D eigenvalue weighted by Crippen LogP contribution is -2.36. The van der Waals surface area contributed by atoms with E-state index in [2.05, 4.69) is 15.6 Å². The van der Waals surface area contributed by atoms with Gasteiger partial charge in [-0.2, -0.15) is 0 Å². The highest BCUT2D eigenvalue weighted by Crippen LogP contribution is 2.46. The Kier molecular flexibility index (Phi) is 6.26. The highest BCUT2D eigenvalue weighted by molar-refractivity contribution is 7.10. The van der Waals surface area contributed by atoms with Crippen LogP contribution >= 0.6 is 11.3 Å². The predicted molar refractivity (Wildman–Crippen MR) is 138 cm³/mol. The number of nitrogens with one attached hydrogen (secondary N) is 2. The summed E-state index contributed by atoms with van der Waals surface area (Å²) < 4.78 is 5.28. The third-order valence-corrected chi connectivity index (χ3v) is 7.55. The van der Waals surface area contributed by atoms with Crippen LogP contribution in [0.1, 0.15) is 47.7 Å². The van der Waals surface area contributed by atoms with Gasteiger partial charge in [0.2, 0.25) is 0 Å². The normalized spacial score (nSPS) is 19.8. The van der Waals surface area contributed by atoms with Gasteiger partial charge in [-0.05, 0) is 67.5 Å². The molecule has 0 fully saturated rings. The third kappa shape index (κ3) is 4.51. The molecule has 1 amide bonds. The van der Waals surface area contributed by atoms with Crippen LogP contribution in [0.15, 0.2) is 82.5 Å². The monoisotopic (exact) mass is 485 g/mol. The van der Waals surface area contributed by atoms with Crippen molar-refractivity contribution < 1.29 is 14.3 Å². The number of Topliss-reactive ketones (excluding diaryl/α,β-unsaturated/α-hetero) is 1. The van der Waals surface area contributed by atoms with Gasteiger partial charge in [-0.15, -0.1) is 11.3 Å². The Balaban J connectivity index is 1.50. The average Bonchev–Trinajstić information content (AvgIpc) is 3.38. The van der Waals surface area contributed by atoms with Crippen molar-refractivity contribution in [3.8, 4) is 5.75 Å². The van der Waals surface area contributed by atoms with Crippen molar-refractivity contribution in [1.29, 1.82) is 0 Å². The Morgan fingerprint density at radius 3 is 2.57 bits per heavy atom. The number of anilines is 1. The Morgan fingerprint density at radius 2 is 1.89 bits per heavy atom. The molecule has 178 valence electrons. The number of dihydropyridines is 1. The molecule has 0 unspecified atom stereocenters. The number of pyridine rings is 1. The van der Waals surface area contributed by atoms with Gasteiger partial charge in [0.25, 0.3) is 5.91 Å². The molecule has 1 aliphatic heterocycles. The molecule has 1 aromatic carbocycles. The molecule has 0 saturated carbocycles. The first-order valence-corrected chi connectivity index (χ1v) is 12.5. The van der Waals surface area contributed by atoms with Crippen LogP contribution in [0, 0.1) is 6.92 Å². The molecule has 0 saturated heterocycles. The fraction of sp³-hybridized carbons (Fsp3) is 0.250. The first kappa shape index (κ1) is 23.1. The zero-order chi connectivity index (χ0) is 24.5. The largest absolute Gasteiger partial charge is 0.497 e. The average molecular weight is 486 g/mol. The lowest BCUT2D eigenvalue weighted by Gasteiger charge is -2.36. The number of aromatic nitrogens is 1. The number of amides is 1. The second-order valence-corrected chi connectivity index (χ2v) is 9.90. The summed E-state index contributed by atoms with van der Waals surface area (Å²) in [5, 5.41) is 8.35. The number of thiophene rings is 1. The van der Waals surface area contributed by atoms with Gasteiger partial charge in [0.1, 0.15) is 11.6 Å². The Labute approximate surface area is 208 Å². The number of hydrogen-bond donors (Lipinski definition) is 2. The second-order valence-electron chi connectivity index (χ2n) is 8.92. The summed E-state index contributed by atoms with van der Waals surface area (Å²) >= 11 is 1.56. The molecule has 2 N–H and O–H groups in total. The summed E-state index contributed by atoms with van der Waals surface area (Å²) in [5.41, 5.74) is 4.85. The fourth-order valence-electron chi connectivity index (χ4n) is 4.99. The number of methoxy groups -OCH3 is 1. The van der Waals surface area contributed by atoms with E-state index in [1.165, 1.54) is 0 Å². The van der Waals surface area contributed by atoms with Crippen LogP contribution in [0.25, 0.3) is 0 Å². The van der Waals surface area contributed by atoms with Crippen LogP contribution in [-0.2, 0) is 9.59 Å². The van der Waals surface area contributed by atoms with Crippen LogP contribution in [0.3, 0.4) is 0 Å².